The number of nitrogens with one attached hydrogen (secondary N) is 1. The maximum absolute atomic E-state index is 12.5. The van der Waals surface area contributed by atoms with Crippen LogP contribution in [-0.2, 0) is 19.9 Å². The molecule has 1 rings (SSSR count). The van der Waals surface area contributed by atoms with Crippen LogP contribution in [0.25, 0.3) is 0 Å². The van der Waals surface area contributed by atoms with Crippen LogP contribution in [0.5, 0.6) is 0 Å². The van der Waals surface area contributed by atoms with Crippen LogP contribution >= 0.6 is 0 Å². The fraction of sp³-hybridized carbons (Fsp3) is 0.571. The quantitative estimate of drug-likeness (QED) is 0.766. The van der Waals surface area contributed by atoms with Crippen molar-refractivity contribution in [1.29, 1.82) is 0 Å². The largest absolute Gasteiger partial charge is 0.329 e. The second-order valence-electron chi connectivity index (χ2n) is 5.88. The van der Waals surface area contributed by atoms with Gasteiger partial charge in [-0.3, -0.25) is 0 Å². The molecule has 8 heteroatoms. The summed E-state index contributed by atoms with van der Waals surface area (Å²) in [6, 6.07) is 3.70. The first-order valence-corrected chi connectivity index (χ1v) is 10.4. The summed E-state index contributed by atoms with van der Waals surface area (Å²) >= 11 is 0. The van der Waals surface area contributed by atoms with Crippen molar-refractivity contribution in [2.24, 2.45) is 11.7 Å². The summed E-state index contributed by atoms with van der Waals surface area (Å²) in [5.41, 5.74) is 6.11. The van der Waals surface area contributed by atoms with Crippen LogP contribution in [-0.4, -0.2) is 35.7 Å². The number of nitrogens with two attached hydrogens (primary N) is 1. The van der Waals surface area contributed by atoms with E-state index in [4.69, 9.17) is 5.73 Å². The summed E-state index contributed by atoms with van der Waals surface area (Å²) in [6.45, 7) is 5.77. The summed E-state index contributed by atoms with van der Waals surface area (Å²) < 4.78 is 50.8. The molecule has 6 nitrogen and oxygen atoms in total. The van der Waals surface area contributed by atoms with Crippen molar-refractivity contribution in [1.82, 2.24) is 4.72 Å². The van der Waals surface area contributed by atoms with Crippen molar-refractivity contribution in [3.63, 3.8) is 0 Å². The fourth-order valence-electron chi connectivity index (χ4n) is 2.14. The van der Waals surface area contributed by atoms with Crippen molar-refractivity contribution in [3.8, 4) is 0 Å². The van der Waals surface area contributed by atoms with Gasteiger partial charge < -0.3 is 5.73 Å². The van der Waals surface area contributed by atoms with E-state index in [0.717, 1.165) is 6.26 Å². The van der Waals surface area contributed by atoms with Gasteiger partial charge in [0.05, 0.1) is 9.79 Å². The zero-order chi connectivity index (χ0) is 17.1. The van der Waals surface area contributed by atoms with Crippen molar-refractivity contribution in [2.45, 2.75) is 43.0 Å². The third-order valence-electron chi connectivity index (χ3n) is 3.24. The smallest absolute Gasteiger partial charge is 0.241 e. The van der Waals surface area contributed by atoms with Gasteiger partial charge in [-0.2, -0.15) is 0 Å². The average molecular weight is 348 g/mol. The molecule has 0 fully saturated rings. The lowest BCUT2D eigenvalue weighted by Crippen LogP contribution is -2.41. The molecule has 1 aromatic carbocycles. The van der Waals surface area contributed by atoms with Gasteiger partial charge >= 0.3 is 0 Å². The lowest BCUT2D eigenvalue weighted by Gasteiger charge is -2.19. The molecule has 0 heterocycles. The molecule has 0 saturated heterocycles. The first kappa shape index (κ1) is 19.1. The van der Waals surface area contributed by atoms with E-state index in [1.807, 2.05) is 13.8 Å². The van der Waals surface area contributed by atoms with Crippen LogP contribution in [0.15, 0.2) is 28.0 Å². The van der Waals surface area contributed by atoms with E-state index >= 15 is 0 Å². The number of sulfonamides is 1. The van der Waals surface area contributed by atoms with Crippen molar-refractivity contribution in [3.05, 3.63) is 23.8 Å². The van der Waals surface area contributed by atoms with E-state index in [9.17, 15) is 16.8 Å². The predicted molar refractivity (Wildman–Crippen MR) is 86.9 cm³/mol. The Bertz CT molecular complexity index is 725. The molecule has 0 spiro atoms. The molecule has 0 amide bonds. The fourth-order valence-corrected chi connectivity index (χ4v) is 4.40. The van der Waals surface area contributed by atoms with E-state index in [1.165, 1.54) is 18.2 Å². The van der Waals surface area contributed by atoms with Crippen LogP contribution in [0, 0.1) is 12.8 Å². The minimum Gasteiger partial charge on any atom is -0.329 e. The molecule has 1 aromatic rings. The molecule has 0 aliphatic heterocycles. The summed E-state index contributed by atoms with van der Waals surface area (Å²) in [7, 11) is -7.30. The second kappa shape index (κ2) is 7.08. The number of hydrogen-bond acceptors (Lipinski definition) is 5. The summed E-state index contributed by atoms with van der Waals surface area (Å²) in [5, 5.41) is 0. The maximum Gasteiger partial charge on any atom is 0.241 e. The van der Waals surface area contributed by atoms with Gasteiger partial charge in [0.25, 0.3) is 0 Å². The highest BCUT2D eigenvalue weighted by atomic mass is 32.2. The Labute approximate surface area is 133 Å². The standard InChI is InChI=1S/C14H24N2O4S2/c1-10(2)7-12(9-15)16-22(19,20)14-8-13(21(4,17)18)6-5-11(14)3/h5-6,8,10,12,16H,7,9,15H2,1-4H3. The molecule has 0 aliphatic carbocycles. The highest BCUT2D eigenvalue weighted by molar-refractivity contribution is 7.91. The summed E-state index contributed by atoms with van der Waals surface area (Å²) in [4.78, 5) is -0.0516. The molecule has 126 valence electrons. The number of hydrogen-bond donors (Lipinski definition) is 2. The van der Waals surface area contributed by atoms with E-state index < -0.39 is 19.9 Å². The second-order valence-corrected chi connectivity index (χ2v) is 9.58. The molecule has 0 radical (unpaired) electrons. The first-order valence-electron chi connectivity index (χ1n) is 7.00. The SMILES string of the molecule is Cc1ccc(S(C)(=O)=O)cc1S(=O)(=O)NC(CN)CC(C)C. The minimum absolute atomic E-state index is 0.0216. The molecule has 1 atom stereocenters. The zero-order valence-corrected chi connectivity index (χ0v) is 15.0. The Morgan fingerprint density at radius 3 is 2.23 bits per heavy atom. The van der Waals surface area contributed by atoms with Crippen LogP contribution < -0.4 is 10.5 Å². The van der Waals surface area contributed by atoms with E-state index in [-0.39, 0.29) is 22.4 Å². The Kier molecular flexibility index (Phi) is 6.14. The van der Waals surface area contributed by atoms with Gasteiger partial charge in [0.2, 0.25) is 10.0 Å². The Hall–Kier alpha value is -0.960. The Morgan fingerprint density at radius 2 is 1.77 bits per heavy atom. The monoisotopic (exact) mass is 348 g/mol. The molecule has 0 aliphatic rings. The van der Waals surface area contributed by atoms with Crippen LogP contribution in [0.1, 0.15) is 25.8 Å². The first-order chi connectivity index (χ1) is 9.97. The van der Waals surface area contributed by atoms with Crippen molar-refractivity contribution < 1.29 is 16.8 Å². The van der Waals surface area contributed by atoms with Crippen LogP contribution in [0.2, 0.25) is 0 Å². The Balaban J connectivity index is 3.22. The van der Waals surface area contributed by atoms with E-state index in [0.29, 0.717) is 17.9 Å². The van der Waals surface area contributed by atoms with E-state index in [1.54, 1.807) is 6.92 Å². The van der Waals surface area contributed by atoms with Crippen molar-refractivity contribution in [2.75, 3.05) is 12.8 Å². The lowest BCUT2D eigenvalue weighted by atomic mass is 10.1. The third kappa shape index (κ3) is 5.05. The van der Waals surface area contributed by atoms with Crippen molar-refractivity contribution >= 4 is 19.9 Å². The topological polar surface area (TPSA) is 106 Å². The number of aryl methyl sites for hydroxylation is 1. The third-order valence-corrected chi connectivity index (χ3v) is 6.01. The predicted octanol–water partition coefficient (Wildman–Crippen LogP) is 1.05. The van der Waals surface area contributed by atoms with Gasteiger partial charge in [-0.25, -0.2) is 21.6 Å². The molecule has 3 N–H and O–H groups in total. The van der Waals surface area contributed by atoms with E-state index in [2.05, 4.69) is 4.72 Å². The average Bonchev–Trinajstić information content (AvgIpc) is 2.35. The number of rotatable bonds is 7. The lowest BCUT2D eigenvalue weighted by molar-refractivity contribution is 0.465. The highest BCUT2D eigenvalue weighted by Gasteiger charge is 2.23. The zero-order valence-electron chi connectivity index (χ0n) is 13.3. The number of benzene rings is 1. The minimum atomic E-state index is -3.83. The normalized spacial score (nSPS) is 14.3. The maximum atomic E-state index is 12.5. The molecule has 0 saturated carbocycles. The van der Waals surface area contributed by atoms with Crippen LogP contribution in [0.3, 0.4) is 0 Å². The highest BCUT2D eigenvalue weighted by Crippen LogP contribution is 2.21. The molecular weight excluding hydrogens is 324 g/mol. The van der Waals surface area contributed by atoms with Gasteiger partial charge in [0.1, 0.15) is 0 Å². The van der Waals surface area contributed by atoms with Gasteiger partial charge in [-0.05, 0) is 37.0 Å². The van der Waals surface area contributed by atoms with Crippen LogP contribution in [0.4, 0.5) is 0 Å². The molecule has 22 heavy (non-hydrogen) atoms. The molecule has 0 aromatic heterocycles. The van der Waals surface area contributed by atoms with Gasteiger partial charge in [0.15, 0.2) is 9.84 Å². The Morgan fingerprint density at radius 1 is 1.18 bits per heavy atom. The van der Waals surface area contributed by atoms with Gasteiger partial charge in [0, 0.05) is 18.8 Å². The summed E-state index contributed by atoms with van der Waals surface area (Å²) in [6.07, 6.45) is 1.66. The molecule has 1 unspecified atom stereocenters. The molecular formula is C14H24N2O4S2. The summed E-state index contributed by atoms with van der Waals surface area (Å²) in [5.74, 6) is 0.291. The van der Waals surface area contributed by atoms with Gasteiger partial charge in [-0.15, -0.1) is 0 Å². The number of sulfone groups is 1. The molecule has 0 bridgehead atoms. The van der Waals surface area contributed by atoms with Gasteiger partial charge in [-0.1, -0.05) is 19.9 Å².